The number of phenolic OH excluding ortho intramolecular Hbond substituents is 1. The molecule has 4 nitrogen and oxygen atoms in total. The molecule has 1 aromatic carbocycles. The second-order valence-corrected chi connectivity index (χ2v) is 2.97. The van der Waals surface area contributed by atoms with E-state index in [1.54, 1.807) is 30.4 Å². The summed E-state index contributed by atoms with van der Waals surface area (Å²) in [4.78, 5) is 10.5. The SMILES string of the molecule is COc1cccc(C=CCC(N)=O)c1O. The van der Waals surface area contributed by atoms with E-state index in [9.17, 15) is 9.90 Å². The summed E-state index contributed by atoms with van der Waals surface area (Å²) in [6, 6.07) is 5.12. The third-order valence-electron chi connectivity index (χ3n) is 1.87. The quantitative estimate of drug-likeness (QED) is 0.781. The van der Waals surface area contributed by atoms with Gasteiger partial charge in [0, 0.05) is 12.0 Å². The lowest BCUT2D eigenvalue weighted by atomic mass is 10.1. The van der Waals surface area contributed by atoms with E-state index < -0.39 is 5.91 Å². The van der Waals surface area contributed by atoms with Crippen molar-refractivity contribution in [2.45, 2.75) is 6.42 Å². The van der Waals surface area contributed by atoms with Crippen LogP contribution in [-0.4, -0.2) is 18.1 Å². The molecule has 80 valence electrons. The highest BCUT2D eigenvalue weighted by atomic mass is 16.5. The molecular formula is C11H13NO3. The molecule has 1 amide bonds. The molecular weight excluding hydrogens is 194 g/mol. The molecule has 0 saturated heterocycles. The first-order chi connectivity index (χ1) is 7.15. The topological polar surface area (TPSA) is 72.5 Å². The molecule has 0 aromatic heterocycles. The zero-order chi connectivity index (χ0) is 11.3. The molecule has 4 heteroatoms. The summed E-state index contributed by atoms with van der Waals surface area (Å²) in [6.07, 6.45) is 3.37. The van der Waals surface area contributed by atoms with Gasteiger partial charge in [-0.15, -0.1) is 0 Å². The Morgan fingerprint density at radius 1 is 1.60 bits per heavy atom. The van der Waals surface area contributed by atoms with Gasteiger partial charge in [-0.2, -0.15) is 0 Å². The largest absolute Gasteiger partial charge is 0.504 e. The van der Waals surface area contributed by atoms with Gasteiger partial charge in [0.2, 0.25) is 5.91 Å². The third-order valence-corrected chi connectivity index (χ3v) is 1.87. The molecule has 0 saturated carbocycles. The van der Waals surface area contributed by atoms with Crippen LogP contribution in [0.1, 0.15) is 12.0 Å². The predicted molar refractivity (Wildman–Crippen MR) is 57.5 cm³/mol. The molecule has 0 aliphatic carbocycles. The molecule has 0 aliphatic heterocycles. The second kappa shape index (κ2) is 5.05. The standard InChI is InChI=1S/C11H13NO3/c1-15-9-6-2-4-8(11(9)14)5-3-7-10(12)13/h2-6,14H,7H2,1H3,(H2,12,13). The van der Waals surface area contributed by atoms with E-state index >= 15 is 0 Å². The zero-order valence-corrected chi connectivity index (χ0v) is 8.43. The zero-order valence-electron chi connectivity index (χ0n) is 8.43. The highest BCUT2D eigenvalue weighted by molar-refractivity contribution is 5.77. The monoisotopic (exact) mass is 207 g/mol. The van der Waals surface area contributed by atoms with Crippen LogP contribution in [0.5, 0.6) is 11.5 Å². The van der Waals surface area contributed by atoms with Crippen molar-refractivity contribution in [3.05, 3.63) is 29.8 Å². The number of amides is 1. The molecule has 0 atom stereocenters. The summed E-state index contributed by atoms with van der Waals surface area (Å²) in [5.74, 6) is 0.0468. The van der Waals surface area contributed by atoms with Crippen LogP contribution in [0.15, 0.2) is 24.3 Å². The minimum Gasteiger partial charge on any atom is -0.504 e. The molecule has 0 radical (unpaired) electrons. The van der Waals surface area contributed by atoms with Crippen molar-refractivity contribution in [3.63, 3.8) is 0 Å². The number of carbonyl (C=O) groups excluding carboxylic acids is 1. The fourth-order valence-corrected chi connectivity index (χ4v) is 1.14. The van der Waals surface area contributed by atoms with Crippen molar-refractivity contribution in [1.82, 2.24) is 0 Å². The number of hydrogen-bond acceptors (Lipinski definition) is 3. The Hall–Kier alpha value is -1.97. The third kappa shape index (κ3) is 3.02. The summed E-state index contributed by atoms with van der Waals surface area (Å²) in [5.41, 5.74) is 5.57. The molecule has 1 rings (SSSR count). The first-order valence-electron chi connectivity index (χ1n) is 4.46. The van der Waals surface area contributed by atoms with E-state index in [2.05, 4.69) is 0 Å². The Labute approximate surface area is 88.0 Å². The number of hydrogen-bond donors (Lipinski definition) is 2. The maximum Gasteiger partial charge on any atom is 0.221 e. The van der Waals surface area contributed by atoms with E-state index in [1.165, 1.54) is 7.11 Å². The van der Waals surface area contributed by atoms with E-state index in [0.29, 0.717) is 11.3 Å². The number of primary amides is 1. The first kappa shape index (κ1) is 11.1. The van der Waals surface area contributed by atoms with Gasteiger partial charge in [0.15, 0.2) is 11.5 Å². The number of carbonyl (C=O) groups is 1. The number of phenols is 1. The van der Waals surface area contributed by atoms with E-state index in [1.807, 2.05) is 0 Å². The number of rotatable bonds is 4. The van der Waals surface area contributed by atoms with Gasteiger partial charge in [-0.1, -0.05) is 24.3 Å². The van der Waals surface area contributed by atoms with Gasteiger partial charge >= 0.3 is 0 Å². The number of methoxy groups -OCH3 is 1. The lowest BCUT2D eigenvalue weighted by Crippen LogP contribution is -2.07. The smallest absolute Gasteiger partial charge is 0.221 e. The Morgan fingerprint density at radius 3 is 2.93 bits per heavy atom. The fraction of sp³-hybridized carbons (Fsp3) is 0.182. The number of nitrogens with two attached hydrogens (primary N) is 1. The van der Waals surface area contributed by atoms with Crippen LogP contribution in [0.2, 0.25) is 0 Å². The maximum absolute atomic E-state index is 10.5. The van der Waals surface area contributed by atoms with Crippen LogP contribution in [0, 0.1) is 0 Å². The summed E-state index contributed by atoms with van der Waals surface area (Å²) >= 11 is 0. The minimum absolute atomic E-state index is 0.0562. The predicted octanol–water partition coefficient (Wildman–Crippen LogP) is 1.29. The van der Waals surface area contributed by atoms with Crippen molar-refractivity contribution < 1.29 is 14.6 Å². The van der Waals surface area contributed by atoms with Crippen molar-refractivity contribution >= 4 is 12.0 Å². The van der Waals surface area contributed by atoms with Crippen LogP contribution in [0.25, 0.3) is 6.08 Å². The Morgan fingerprint density at radius 2 is 2.33 bits per heavy atom. The van der Waals surface area contributed by atoms with Gasteiger partial charge < -0.3 is 15.6 Å². The summed E-state index contributed by atoms with van der Waals surface area (Å²) in [6.45, 7) is 0. The van der Waals surface area contributed by atoms with E-state index in [-0.39, 0.29) is 12.2 Å². The molecule has 0 heterocycles. The molecule has 0 spiro atoms. The van der Waals surface area contributed by atoms with Gasteiger partial charge in [-0.25, -0.2) is 0 Å². The lowest BCUT2D eigenvalue weighted by Gasteiger charge is -2.04. The van der Waals surface area contributed by atoms with Gasteiger partial charge in [0.05, 0.1) is 7.11 Å². The molecule has 15 heavy (non-hydrogen) atoms. The molecule has 0 fully saturated rings. The van der Waals surface area contributed by atoms with Crippen LogP contribution in [0.4, 0.5) is 0 Å². The average molecular weight is 207 g/mol. The Kier molecular flexibility index (Phi) is 3.74. The highest BCUT2D eigenvalue weighted by Gasteiger charge is 2.03. The number of ether oxygens (including phenoxy) is 1. The first-order valence-corrected chi connectivity index (χ1v) is 4.46. The Bertz CT molecular complexity index is 385. The van der Waals surface area contributed by atoms with E-state index in [4.69, 9.17) is 10.5 Å². The van der Waals surface area contributed by atoms with Gasteiger partial charge in [0.25, 0.3) is 0 Å². The summed E-state index contributed by atoms with van der Waals surface area (Å²) in [5, 5.41) is 9.66. The highest BCUT2D eigenvalue weighted by Crippen LogP contribution is 2.30. The number of benzene rings is 1. The number of aromatic hydroxyl groups is 1. The van der Waals surface area contributed by atoms with Crippen LogP contribution >= 0.6 is 0 Å². The maximum atomic E-state index is 10.5. The van der Waals surface area contributed by atoms with E-state index in [0.717, 1.165) is 0 Å². The van der Waals surface area contributed by atoms with Crippen molar-refractivity contribution in [1.29, 1.82) is 0 Å². The van der Waals surface area contributed by atoms with Crippen molar-refractivity contribution in [2.75, 3.05) is 7.11 Å². The van der Waals surface area contributed by atoms with Crippen LogP contribution in [-0.2, 0) is 4.79 Å². The second-order valence-electron chi connectivity index (χ2n) is 2.97. The normalized spacial score (nSPS) is 10.5. The molecule has 0 bridgehead atoms. The van der Waals surface area contributed by atoms with Crippen LogP contribution < -0.4 is 10.5 Å². The summed E-state index contributed by atoms with van der Waals surface area (Å²) in [7, 11) is 1.48. The average Bonchev–Trinajstić information content (AvgIpc) is 2.20. The van der Waals surface area contributed by atoms with Gasteiger partial charge in [-0.05, 0) is 6.07 Å². The van der Waals surface area contributed by atoms with Crippen LogP contribution in [0.3, 0.4) is 0 Å². The minimum atomic E-state index is -0.409. The van der Waals surface area contributed by atoms with Gasteiger partial charge in [-0.3, -0.25) is 4.79 Å². The van der Waals surface area contributed by atoms with Crippen molar-refractivity contribution in [3.8, 4) is 11.5 Å². The molecule has 0 unspecified atom stereocenters. The summed E-state index contributed by atoms with van der Waals surface area (Å²) < 4.78 is 4.94. The van der Waals surface area contributed by atoms with Gasteiger partial charge in [0.1, 0.15) is 0 Å². The molecule has 3 N–H and O–H groups in total. The number of para-hydroxylation sites is 1. The Balaban J connectivity index is 2.85. The molecule has 0 aliphatic rings. The molecule has 1 aromatic rings. The fourth-order valence-electron chi connectivity index (χ4n) is 1.14. The van der Waals surface area contributed by atoms with Crippen molar-refractivity contribution in [2.24, 2.45) is 5.73 Å². The lowest BCUT2D eigenvalue weighted by molar-refractivity contribution is -0.117.